The minimum Gasteiger partial charge on any atom is -0.497 e. The van der Waals surface area contributed by atoms with Crippen LogP contribution >= 0.6 is 0 Å². The number of methoxy groups -OCH3 is 2. The van der Waals surface area contributed by atoms with Gasteiger partial charge in [0.15, 0.2) is 6.61 Å². The molecule has 0 aliphatic heterocycles. The van der Waals surface area contributed by atoms with Gasteiger partial charge in [0.05, 0.1) is 14.2 Å². The molecule has 0 spiro atoms. The molecule has 6 nitrogen and oxygen atoms in total. The van der Waals surface area contributed by atoms with Crippen LogP contribution < -0.4 is 14.8 Å². The molecular formula is C26H25NO5. The normalized spacial score (nSPS) is 10.6. The third kappa shape index (κ3) is 6.47. The molecule has 3 aromatic rings. The summed E-state index contributed by atoms with van der Waals surface area (Å²) in [6.07, 6.45) is 3.48. The zero-order chi connectivity index (χ0) is 22.8. The highest BCUT2D eigenvalue weighted by molar-refractivity contribution is 5.95. The minimum absolute atomic E-state index is 0.391. The maximum atomic E-state index is 12.3. The Morgan fingerprint density at radius 3 is 2.41 bits per heavy atom. The van der Waals surface area contributed by atoms with Crippen LogP contribution in [0.25, 0.3) is 6.08 Å². The fourth-order valence-corrected chi connectivity index (χ4v) is 3.11. The number of rotatable bonds is 9. The van der Waals surface area contributed by atoms with E-state index in [9.17, 15) is 9.59 Å². The Balaban J connectivity index is 1.57. The van der Waals surface area contributed by atoms with Crippen LogP contribution in [0, 0.1) is 0 Å². The van der Waals surface area contributed by atoms with Gasteiger partial charge in [-0.05, 0) is 47.9 Å². The fourth-order valence-electron chi connectivity index (χ4n) is 3.11. The van der Waals surface area contributed by atoms with E-state index in [0.717, 1.165) is 11.1 Å². The Hall–Kier alpha value is -4.06. The second-order valence-electron chi connectivity index (χ2n) is 6.92. The van der Waals surface area contributed by atoms with Crippen molar-refractivity contribution < 1.29 is 23.8 Å². The number of anilines is 1. The highest BCUT2D eigenvalue weighted by Crippen LogP contribution is 2.25. The van der Waals surface area contributed by atoms with Gasteiger partial charge in [-0.3, -0.25) is 4.79 Å². The van der Waals surface area contributed by atoms with E-state index in [2.05, 4.69) is 5.32 Å². The number of hydrogen-bond donors (Lipinski definition) is 1. The third-order valence-electron chi connectivity index (χ3n) is 4.71. The monoisotopic (exact) mass is 431 g/mol. The van der Waals surface area contributed by atoms with E-state index in [0.29, 0.717) is 29.2 Å². The van der Waals surface area contributed by atoms with Crippen LogP contribution in [-0.2, 0) is 20.7 Å². The van der Waals surface area contributed by atoms with Crippen molar-refractivity contribution in [3.8, 4) is 11.5 Å². The molecule has 0 unspecified atom stereocenters. The summed E-state index contributed by atoms with van der Waals surface area (Å²) >= 11 is 0. The average Bonchev–Trinajstić information content (AvgIpc) is 2.83. The van der Waals surface area contributed by atoms with Crippen molar-refractivity contribution in [3.05, 3.63) is 95.6 Å². The lowest BCUT2D eigenvalue weighted by Gasteiger charge is -2.11. The first-order valence-corrected chi connectivity index (χ1v) is 10.1. The Kier molecular flexibility index (Phi) is 8.03. The molecule has 3 rings (SSSR count). The van der Waals surface area contributed by atoms with Gasteiger partial charge in [-0.25, -0.2) is 4.79 Å². The zero-order valence-corrected chi connectivity index (χ0v) is 18.0. The Morgan fingerprint density at radius 2 is 1.66 bits per heavy atom. The van der Waals surface area contributed by atoms with Crippen molar-refractivity contribution >= 4 is 23.6 Å². The van der Waals surface area contributed by atoms with E-state index in [4.69, 9.17) is 14.2 Å². The molecule has 0 heterocycles. The summed E-state index contributed by atoms with van der Waals surface area (Å²) in [7, 11) is 3.09. The quantitative estimate of drug-likeness (QED) is 0.399. The zero-order valence-electron chi connectivity index (χ0n) is 18.0. The number of nitrogens with one attached hydrogen (secondary N) is 1. The molecule has 3 aromatic carbocycles. The summed E-state index contributed by atoms with van der Waals surface area (Å²) in [5.74, 6) is 0.170. The van der Waals surface area contributed by atoms with E-state index in [1.807, 2.05) is 54.6 Å². The second-order valence-corrected chi connectivity index (χ2v) is 6.92. The van der Waals surface area contributed by atoms with Crippen molar-refractivity contribution in [2.45, 2.75) is 6.42 Å². The summed E-state index contributed by atoms with van der Waals surface area (Å²) in [6.45, 7) is -0.391. The molecule has 0 saturated carbocycles. The molecule has 6 heteroatoms. The largest absolute Gasteiger partial charge is 0.497 e. The van der Waals surface area contributed by atoms with Gasteiger partial charge < -0.3 is 19.5 Å². The topological polar surface area (TPSA) is 73.9 Å². The van der Waals surface area contributed by atoms with Gasteiger partial charge in [0.2, 0.25) is 0 Å². The number of amides is 1. The average molecular weight is 431 g/mol. The molecule has 0 aliphatic carbocycles. The van der Waals surface area contributed by atoms with Gasteiger partial charge in [-0.15, -0.1) is 0 Å². The first-order valence-electron chi connectivity index (χ1n) is 10.1. The van der Waals surface area contributed by atoms with Crippen LogP contribution in [-0.4, -0.2) is 32.7 Å². The lowest BCUT2D eigenvalue weighted by Crippen LogP contribution is -2.20. The molecule has 0 radical (unpaired) electrons. The Bertz CT molecular complexity index is 1090. The van der Waals surface area contributed by atoms with E-state index in [1.165, 1.54) is 13.2 Å². The molecule has 0 bridgehead atoms. The predicted octanol–water partition coefficient (Wildman–Crippen LogP) is 4.49. The molecule has 0 atom stereocenters. The van der Waals surface area contributed by atoms with Crippen molar-refractivity contribution in [2.75, 3.05) is 26.1 Å². The van der Waals surface area contributed by atoms with E-state index < -0.39 is 18.5 Å². The molecule has 0 saturated heterocycles. The van der Waals surface area contributed by atoms with Gasteiger partial charge in [0.25, 0.3) is 5.91 Å². The molecule has 32 heavy (non-hydrogen) atoms. The SMILES string of the molecule is COc1ccc(OC)c(/C=C/C(=O)OCC(=O)Nc2ccccc2Cc2ccccc2)c1. The lowest BCUT2D eigenvalue weighted by molar-refractivity contribution is -0.142. The van der Waals surface area contributed by atoms with Gasteiger partial charge in [0, 0.05) is 17.3 Å². The van der Waals surface area contributed by atoms with E-state index >= 15 is 0 Å². The summed E-state index contributed by atoms with van der Waals surface area (Å²) in [5.41, 5.74) is 3.46. The van der Waals surface area contributed by atoms with E-state index in [1.54, 1.807) is 31.4 Å². The summed E-state index contributed by atoms with van der Waals surface area (Å²) < 4.78 is 15.5. The molecule has 164 valence electrons. The smallest absolute Gasteiger partial charge is 0.331 e. The Labute approximate surface area is 187 Å². The van der Waals surface area contributed by atoms with Gasteiger partial charge >= 0.3 is 5.97 Å². The number of carbonyl (C=O) groups excluding carboxylic acids is 2. The first kappa shape index (κ1) is 22.6. The summed E-state index contributed by atoms with van der Waals surface area (Å²) in [6, 6.07) is 22.8. The van der Waals surface area contributed by atoms with Crippen LogP contribution in [0.3, 0.4) is 0 Å². The first-order chi connectivity index (χ1) is 15.6. The number of carbonyl (C=O) groups is 2. The number of hydrogen-bond acceptors (Lipinski definition) is 5. The molecule has 1 N–H and O–H groups in total. The fraction of sp³-hybridized carbons (Fsp3) is 0.154. The van der Waals surface area contributed by atoms with Crippen LogP contribution in [0.15, 0.2) is 78.9 Å². The third-order valence-corrected chi connectivity index (χ3v) is 4.71. The van der Waals surface area contributed by atoms with Crippen molar-refractivity contribution in [1.82, 2.24) is 0 Å². The van der Waals surface area contributed by atoms with Crippen LogP contribution in [0.2, 0.25) is 0 Å². The predicted molar refractivity (Wildman–Crippen MR) is 124 cm³/mol. The van der Waals surface area contributed by atoms with Crippen LogP contribution in [0.1, 0.15) is 16.7 Å². The molecule has 0 aromatic heterocycles. The van der Waals surface area contributed by atoms with Crippen LogP contribution in [0.4, 0.5) is 5.69 Å². The maximum Gasteiger partial charge on any atom is 0.331 e. The minimum atomic E-state index is -0.636. The highest BCUT2D eigenvalue weighted by Gasteiger charge is 2.10. The molecule has 0 aliphatic rings. The number of esters is 1. The summed E-state index contributed by atoms with van der Waals surface area (Å²) in [4.78, 5) is 24.4. The highest BCUT2D eigenvalue weighted by atomic mass is 16.5. The van der Waals surface area contributed by atoms with Gasteiger partial charge in [-0.2, -0.15) is 0 Å². The van der Waals surface area contributed by atoms with Crippen molar-refractivity contribution in [3.63, 3.8) is 0 Å². The standard InChI is InChI=1S/C26H25NO5/c1-30-22-13-14-24(31-2)21(17-22)12-15-26(29)32-18-25(28)27-23-11-7-6-10-20(23)16-19-8-4-3-5-9-19/h3-15,17H,16,18H2,1-2H3,(H,27,28)/b15-12+. The second kappa shape index (κ2) is 11.4. The van der Waals surface area contributed by atoms with Crippen molar-refractivity contribution in [2.24, 2.45) is 0 Å². The van der Waals surface area contributed by atoms with Crippen LogP contribution in [0.5, 0.6) is 11.5 Å². The van der Waals surface area contributed by atoms with Gasteiger partial charge in [-0.1, -0.05) is 48.5 Å². The van der Waals surface area contributed by atoms with Crippen molar-refractivity contribution in [1.29, 1.82) is 0 Å². The molecule has 0 fully saturated rings. The number of para-hydroxylation sites is 1. The summed E-state index contributed by atoms with van der Waals surface area (Å²) in [5, 5.41) is 2.82. The molecular weight excluding hydrogens is 406 g/mol. The number of ether oxygens (including phenoxy) is 3. The Morgan fingerprint density at radius 1 is 0.906 bits per heavy atom. The number of benzene rings is 3. The lowest BCUT2D eigenvalue weighted by atomic mass is 10.0. The van der Waals surface area contributed by atoms with Gasteiger partial charge in [0.1, 0.15) is 11.5 Å². The molecule has 1 amide bonds. The maximum absolute atomic E-state index is 12.3. The van der Waals surface area contributed by atoms with E-state index in [-0.39, 0.29) is 0 Å².